The van der Waals surface area contributed by atoms with Gasteiger partial charge in [0.05, 0.1) is 29.1 Å². The first-order valence-corrected chi connectivity index (χ1v) is 9.16. The zero-order valence-corrected chi connectivity index (χ0v) is 17.2. The van der Waals surface area contributed by atoms with Gasteiger partial charge < -0.3 is 9.47 Å². The van der Waals surface area contributed by atoms with Gasteiger partial charge in [0.2, 0.25) is 0 Å². The molecule has 2 aromatic rings. The molecule has 0 spiro atoms. The number of benzene rings is 2. The van der Waals surface area contributed by atoms with Crippen LogP contribution in [-0.4, -0.2) is 36.8 Å². The molecule has 0 bridgehead atoms. The van der Waals surface area contributed by atoms with Crippen molar-refractivity contribution in [2.45, 2.75) is 6.92 Å². The van der Waals surface area contributed by atoms with E-state index < -0.39 is 11.8 Å². The number of halogens is 1. The van der Waals surface area contributed by atoms with Crippen molar-refractivity contribution in [2.24, 2.45) is 5.10 Å². The topological polar surface area (TPSA) is 68.2 Å². The summed E-state index contributed by atoms with van der Waals surface area (Å²) in [7, 11) is 3.13. The van der Waals surface area contributed by atoms with Crippen molar-refractivity contribution in [3.8, 4) is 11.5 Å². The lowest BCUT2D eigenvalue weighted by atomic mass is 10.1. The lowest BCUT2D eigenvalue weighted by Gasteiger charge is -2.11. The Kier molecular flexibility index (Phi) is 5.59. The average molecular weight is 476 g/mol. The summed E-state index contributed by atoms with van der Waals surface area (Å²) < 4.78 is 11.5. The number of hydrazone groups is 1. The van der Waals surface area contributed by atoms with E-state index in [2.05, 4.69) is 27.7 Å². The Hall–Kier alpha value is -2.68. The zero-order valence-electron chi connectivity index (χ0n) is 15.0. The molecule has 1 aliphatic heterocycles. The van der Waals surface area contributed by atoms with Crippen LogP contribution in [-0.2, 0) is 4.79 Å². The molecule has 0 atom stereocenters. The molecule has 0 saturated heterocycles. The first-order chi connectivity index (χ1) is 13.0. The third-order valence-corrected chi connectivity index (χ3v) is 4.84. The van der Waals surface area contributed by atoms with E-state index in [4.69, 9.17) is 9.47 Å². The molecule has 7 heteroatoms. The van der Waals surface area contributed by atoms with Crippen LogP contribution in [0.3, 0.4) is 0 Å². The molecular weight excluding hydrogens is 459 g/mol. The van der Waals surface area contributed by atoms with Crippen LogP contribution in [0.2, 0.25) is 0 Å². The maximum Gasteiger partial charge on any atom is 0.283 e. The van der Waals surface area contributed by atoms with Gasteiger partial charge in [0.1, 0.15) is 0 Å². The van der Waals surface area contributed by atoms with Gasteiger partial charge in [-0.2, -0.15) is 10.1 Å². The van der Waals surface area contributed by atoms with Crippen molar-refractivity contribution >= 4 is 46.2 Å². The monoisotopic (exact) mass is 476 g/mol. The molecule has 27 heavy (non-hydrogen) atoms. The highest BCUT2D eigenvalue weighted by Crippen LogP contribution is 2.34. The highest BCUT2D eigenvalue weighted by Gasteiger charge is 2.33. The second kappa shape index (κ2) is 7.91. The summed E-state index contributed by atoms with van der Waals surface area (Å²) in [6.07, 6.45) is 1.70. The van der Waals surface area contributed by atoms with Crippen molar-refractivity contribution in [3.63, 3.8) is 0 Å². The van der Waals surface area contributed by atoms with Gasteiger partial charge in [-0.25, -0.2) is 0 Å². The Morgan fingerprint density at radius 1 is 1.15 bits per heavy atom. The molecule has 0 fully saturated rings. The number of carbonyl (C=O) groups excluding carboxylic acids is 2. The van der Waals surface area contributed by atoms with Crippen LogP contribution in [0.15, 0.2) is 53.1 Å². The molecule has 0 aromatic heterocycles. The SMILES string of the molecule is COc1cc(/C=C2/C(=O)N(C(=O)c3ccccc3)N=C2C)cc(I)c1OC. The number of methoxy groups -OCH3 is 2. The number of carbonyl (C=O) groups is 2. The smallest absolute Gasteiger partial charge is 0.283 e. The summed E-state index contributed by atoms with van der Waals surface area (Å²) >= 11 is 2.14. The average Bonchev–Trinajstić information content (AvgIpc) is 2.95. The highest BCUT2D eigenvalue weighted by molar-refractivity contribution is 14.1. The molecule has 1 heterocycles. The second-order valence-electron chi connectivity index (χ2n) is 5.77. The number of hydrogen-bond donors (Lipinski definition) is 0. The number of imide groups is 1. The Morgan fingerprint density at radius 3 is 2.48 bits per heavy atom. The molecule has 6 nitrogen and oxygen atoms in total. The predicted molar refractivity (Wildman–Crippen MR) is 111 cm³/mol. The maximum atomic E-state index is 12.8. The number of hydrogen-bond acceptors (Lipinski definition) is 5. The van der Waals surface area contributed by atoms with Gasteiger partial charge in [-0.15, -0.1) is 0 Å². The van der Waals surface area contributed by atoms with Crippen molar-refractivity contribution in [1.29, 1.82) is 0 Å². The Morgan fingerprint density at radius 2 is 1.85 bits per heavy atom. The van der Waals surface area contributed by atoms with Crippen LogP contribution in [0, 0.1) is 3.57 Å². The minimum Gasteiger partial charge on any atom is -0.493 e. The molecule has 3 rings (SSSR count). The molecule has 0 saturated carbocycles. The highest BCUT2D eigenvalue weighted by atomic mass is 127. The van der Waals surface area contributed by atoms with Crippen LogP contribution >= 0.6 is 22.6 Å². The fourth-order valence-corrected chi connectivity index (χ4v) is 3.56. The second-order valence-corrected chi connectivity index (χ2v) is 6.93. The van der Waals surface area contributed by atoms with E-state index in [9.17, 15) is 9.59 Å². The van der Waals surface area contributed by atoms with Gasteiger partial charge in [-0.05, 0) is 65.4 Å². The van der Waals surface area contributed by atoms with E-state index in [1.165, 1.54) is 0 Å². The third-order valence-electron chi connectivity index (χ3n) is 4.04. The standard InChI is InChI=1S/C20H17IN2O4/c1-12-15(9-13-10-16(21)18(27-3)17(11-13)26-2)20(25)23(22-12)19(24)14-7-5-4-6-8-14/h4-11H,1-3H3/b15-9+. The van der Waals surface area contributed by atoms with Crippen molar-refractivity contribution in [2.75, 3.05) is 14.2 Å². The fraction of sp³-hybridized carbons (Fsp3) is 0.150. The normalized spacial score (nSPS) is 15.1. The molecule has 2 aromatic carbocycles. The van der Waals surface area contributed by atoms with E-state index in [0.717, 1.165) is 14.1 Å². The molecule has 0 N–H and O–H groups in total. The van der Waals surface area contributed by atoms with Crippen LogP contribution in [0.5, 0.6) is 11.5 Å². The molecule has 0 unspecified atom stereocenters. The lowest BCUT2D eigenvalue weighted by molar-refractivity contribution is -0.123. The van der Waals surface area contributed by atoms with Gasteiger partial charge in [-0.3, -0.25) is 9.59 Å². The summed E-state index contributed by atoms with van der Waals surface area (Å²) in [5, 5.41) is 5.05. The van der Waals surface area contributed by atoms with E-state index in [1.54, 1.807) is 63.6 Å². The van der Waals surface area contributed by atoms with Gasteiger partial charge in [0.15, 0.2) is 11.5 Å². The number of amides is 2. The van der Waals surface area contributed by atoms with Crippen LogP contribution in [0.1, 0.15) is 22.8 Å². The van der Waals surface area contributed by atoms with E-state index >= 15 is 0 Å². The molecule has 2 amide bonds. The zero-order chi connectivity index (χ0) is 19.6. The van der Waals surface area contributed by atoms with Crippen molar-refractivity contribution < 1.29 is 19.1 Å². The van der Waals surface area contributed by atoms with Crippen LogP contribution in [0.25, 0.3) is 6.08 Å². The molecule has 0 radical (unpaired) electrons. The summed E-state index contributed by atoms with van der Waals surface area (Å²) in [4.78, 5) is 25.3. The number of ether oxygens (including phenoxy) is 2. The van der Waals surface area contributed by atoms with Gasteiger partial charge in [-0.1, -0.05) is 18.2 Å². The first kappa shape index (κ1) is 19.1. The van der Waals surface area contributed by atoms with Crippen LogP contribution < -0.4 is 9.47 Å². The molecule has 138 valence electrons. The summed E-state index contributed by atoms with van der Waals surface area (Å²) in [6.45, 7) is 1.70. The quantitative estimate of drug-likeness (QED) is 0.383. The number of nitrogens with zero attached hydrogens (tertiary/aromatic N) is 2. The van der Waals surface area contributed by atoms with Crippen molar-refractivity contribution in [1.82, 2.24) is 5.01 Å². The Bertz CT molecular complexity index is 967. The largest absolute Gasteiger partial charge is 0.493 e. The number of rotatable bonds is 4. The minimum atomic E-state index is -0.453. The third kappa shape index (κ3) is 3.73. The maximum absolute atomic E-state index is 12.8. The lowest BCUT2D eigenvalue weighted by Crippen LogP contribution is -2.29. The summed E-state index contributed by atoms with van der Waals surface area (Å²) in [5.41, 5.74) is 2.00. The molecule has 0 aliphatic carbocycles. The first-order valence-electron chi connectivity index (χ1n) is 8.09. The predicted octanol–water partition coefficient (Wildman–Crippen LogP) is 3.75. The van der Waals surface area contributed by atoms with Gasteiger partial charge in [0, 0.05) is 5.56 Å². The summed E-state index contributed by atoms with van der Waals surface area (Å²) in [6, 6.07) is 12.2. The van der Waals surface area contributed by atoms with E-state index in [-0.39, 0.29) is 0 Å². The van der Waals surface area contributed by atoms with E-state index in [0.29, 0.717) is 28.3 Å². The minimum absolute atomic E-state index is 0.363. The van der Waals surface area contributed by atoms with E-state index in [1.807, 2.05) is 6.07 Å². The Balaban J connectivity index is 1.95. The van der Waals surface area contributed by atoms with Crippen LogP contribution in [0.4, 0.5) is 0 Å². The molecule has 1 aliphatic rings. The Labute approximate surface area is 170 Å². The van der Waals surface area contributed by atoms with Gasteiger partial charge >= 0.3 is 0 Å². The van der Waals surface area contributed by atoms with Crippen molar-refractivity contribution in [3.05, 3.63) is 62.7 Å². The van der Waals surface area contributed by atoms with Gasteiger partial charge in [0.25, 0.3) is 11.8 Å². The molecular formula is C20H17IN2O4. The fourth-order valence-electron chi connectivity index (χ4n) is 2.71. The summed E-state index contributed by atoms with van der Waals surface area (Å²) in [5.74, 6) is 0.286.